The Kier molecular flexibility index (Phi) is 4.93. The lowest BCUT2D eigenvalue weighted by Gasteiger charge is -2.12. The molecule has 17 heavy (non-hydrogen) atoms. The summed E-state index contributed by atoms with van der Waals surface area (Å²) >= 11 is 0. The third-order valence-corrected chi connectivity index (χ3v) is 1.95. The van der Waals surface area contributed by atoms with Crippen LogP contribution in [0.25, 0.3) is 10.4 Å². The topological polar surface area (TPSA) is 85.7 Å². The van der Waals surface area contributed by atoms with Crippen molar-refractivity contribution in [1.82, 2.24) is 0 Å². The number of rotatable bonds is 6. The van der Waals surface area contributed by atoms with Gasteiger partial charge >= 0.3 is 0 Å². The van der Waals surface area contributed by atoms with E-state index in [1.165, 1.54) is 27.4 Å². The molecule has 7 heteroatoms. The van der Waals surface area contributed by atoms with Crippen LogP contribution in [0.5, 0.6) is 17.2 Å². The molecule has 0 atom stereocenters. The van der Waals surface area contributed by atoms with Gasteiger partial charge in [0.15, 0.2) is 18.3 Å². The first-order valence-corrected chi connectivity index (χ1v) is 4.69. The monoisotopic (exact) mass is 239 g/mol. The maximum Gasteiger partial charge on any atom is 0.188 e. The van der Waals surface area contributed by atoms with Crippen molar-refractivity contribution in [3.8, 4) is 17.2 Å². The van der Waals surface area contributed by atoms with Crippen LogP contribution in [0.1, 0.15) is 0 Å². The van der Waals surface area contributed by atoms with Crippen molar-refractivity contribution in [2.24, 2.45) is 5.11 Å². The highest BCUT2D eigenvalue weighted by atomic mass is 16.7. The average Bonchev–Trinajstić information content (AvgIpc) is 2.36. The molecule has 0 N–H and O–H groups in total. The third-order valence-electron chi connectivity index (χ3n) is 1.95. The van der Waals surface area contributed by atoms with Gasteiger partial charge in [-0.25, -0.2) is 0 Å². The fourth-order valence-corrected chi connectivity index (χ4v) is 1.22. The standard InChI is InChI=1S/C10H13N3O4/c1-14-6-17-10-4-7(12-13-11)8(15-2)5-9(10)16-3/h4-5H,6H2,1-3H3. The Balaban J connectivity index is 3.18. The van der Waals surface area contributed by atoms with Crippen LogP contribution in [0.2, 0.25) is 0 Å². The molecule has 0 saturated carbocycles. The maximum absolute atomic E-state index is 8.44. The van der Waals surface area contributed by atoms with Crippen LogP contribution in [0.3, 0.4) is 0 Å². The van der Waals surface area contributed by atoms with E-state index in [0.717, 1.165) is 0 Å². The van der Waals surface area contributed by atoms with Crippen LogP contribution < -0.4 is 14.2 Å². The molecule has 0 saturated heterocycles. The number of hydrogen-bond acceptors (Lipinski definition) is 5. The van der Waals surface area contributed by atoms with Crippen molar-refractivity contribution in [3.05, 3.63) is 22.6 Å². The van der Waals surface area contributed by atoms with Crippen molar-refractivity contribution < 1.29 is 18.9 Å². The van der Waals surface area contributed by atoms with Crippen LogP contribution in [0.15, 0.2) is 17.2 Å². The Labute approximate surface area is 98.5 Å². The van der Waals surface area contributed by atoms with Gasteiger partial charge in [0, 0.05) is 18.1 Å². The molecule has 0 aliphatic heterocycles. The van der Waals surface area contributed by atoms with Gasteiger partial charge in [-0.05, 0) is 11.6 Å². The minimum Gasteiger partial charge on any atom is -0.496 e. The van der Waals surface area contributed by atoms with E-state index in [9.17, 15) is 0 Å². The zero-order valence-electron chi connectivity index (χ0n) is 9.84. The number of methoxy groups -OCH3 is 3. The lowest BCUT2D eigenvalue weighted by atomic mass is 10.2. The van der Waals surface area contributed by atoms with Crippen molar-refractivity contribution >= 4 is 5.69 Å². The first kappa shape index (κ1) is 13.0. The largest absolute Gasteiger partial charge is 0.496 e. The molecule has 0 heterocycles. The normalized spacial score (nSPS) is 9.35. The molecule has 1 aromatic carbocycles. The van der Waals surface area contributed by atoms with E-state index in [1.807, 2.05) is 0 Å². The van der Waals surface area contributed by atoms with Crippen LogP contribution in [0.4, 0.5) is 5.69 Å². The second kappa shape index (κ2) is 6.47. The van der Waals surface area contributed by atoms with Crippen molar-refractivity contribution in [3.63, 3.8) is 0 Å². The molecule has 1 aromatic rings. The molecule has 0 unspecified atom stereocenters. The van der Waals surface area contributed by atoms with Crippen LogP contribution >= 0.6 is 0 Å². The third kappa shape index (κ3) is 3.17. The summed E-state index contributed by atoms with van der Waals surface area (Å²) in [6.07, 6.45) is 0. The van der Waals surface area contributed by atoms with Crippen LogP contribution in [-0.2, 0) is 4.74 Å². The van der Waals surface area contributed by atoms with Gasteiger partial charge in [0.25, 0.3) is 0 Å². The summed E-state index contributed by atoms with van der Waals surface area (Å²) in [5.41, 5.74) is 8.76. The molecular formula is C10H13N3O4. The molecule has 92 valence electrons. The van der Waals surface area contributed by atoms with E-state index in [0.29, 0.717) is 22.9 Å². The van der Waals surface area contributed by atoms with Gasteiger partial charge in [0.05, 0.1) is 19.9 Å². The summed E-state index contributed by atoms with van der Waals surface area (Å²) in [6.45, 7) is 0.0679. The van der Waals surface area contributed by atoms with Gasteiger partial charge in [-0.1, -0.05) is 5.11 Å². The van der Waals surface area contributed by atoms with E-state index in [-0.39, 0.29) is 6.79 Å². The molecule has 0 spiro atoms. The number of ether oxygens (including phenoxy) is 4. The Morgan fingerprint density at radius 1 is 1.12 bits per heavy atom. The highest BCUT2D eigenvalue weighted by molar-refractivity contribution is 5.61. The molecule has 0 amide bonds. The minimum atomic E-state index is 0.0679. The summed E-state index contributed by atoms with van der Waals surface area (Å²) in [6, 6.07) is 3.10. The summed E-state index contributed by atoms with van der Waals surface area (Å²) in [7, 11) is 4.48. The molecule has 7 nitrogen and oxygen atoms in total. The second-order valence-corrected chi connectivity index (χ2v) is 2.92. The second-order valence-electron chi connectivity index (χ2n) is 2.92. The minimum absolute atomic E-state index is 0.0679. The number of azide groups is 1. The van der Waals surface area contributed by atoms with E-state index < -0.39 is 0 Å². The lowest BCUT2D eigenvalue weighted by Crippen LogP contribution is -2.01. The quantitative estimate of drug-likeness (QED) is 0.330. The Hall–Kier alpha value is -2.11. The smallest absolute Gasteiger partial charge is 0.188 e. The van der Waals surface area contributed by atoms with Crippen LogP contribution in [0, 0.1) is 0 Å². The molecule has 0 bridgehead atoms. The summed E-state index contributed by atoms with van der Waals surface area (Å²) in [5, 5.41) is 3.50. The van der Waals surface area contributed by atoms with Crippen molar-refractivity contribution in [1.29, 1.82) is 0 Å². The van der Waals surface area contributed by atoms with Gasteiger partial charge in [0.2, 0.25) is 0 Å². The molecule has 0 aliphatic carbocycles. The summed E-state index contributed by atoms with van der Waals surface area (Å²) in [5.74, 6) is 1.29. The fourth-order valence-electron chi connectivity index (χ4n) is 1.22. The van der Waals surface area contributed by atoms with E-state index >= 15 is 0 Å². The van der Waals surface area contributed by atoms with Crippen LogP contribution in [-0.4, -0.2) is 28.1 Å². The van der Waals surface area contributed by atoms with Gasteiger partial charge in [0.1, 0.15) is 5.75 Å². The maximum atomic E-state index is 8.44. The highest BCUT2D eigenvalue weighted by Gasteiger charge is 2.11. The van der Waals surface area contributed by atoms with E-state index in [2.05, 4.69) is 10.0 Å². The Morgan fingerprint density at radius 2 is 1.82 bits per heavy atom. The first-order chi connectivity index (χ1) is 8.26. The highest BCUT2D eigenvalue weighted by Crippen LogP contribution is 2.39. The van der Waals surface area contributed by atoms with E-state index in [1.54, 1.807) is 6.07 Å². The molecule has 0 radical (unpaired) electrons. The fraction of sp³-hybridized carbons (Fsp3) is 0.400. The van der Waals surface area contributed by atoms with Crippen molar-refractivity contribution in [2.45, 2.75) is 0 Å². The molecular weight excluding hydrogens is 226 g/mol. The van der Waals surface area contributed by atoms with Crippen molar-refractivity contribution in [2.75, 3.05) is 28.1 Å². The Bertz CT molecular complexity index is 430. The van der Waals surface area contributed by atoms with Gasteiger partial charge in [-0.3, -0.25) is 0 Å². The SMILES string of the molecule is COCOc1cc(N=[N+]=[N-])c(OC)cc1OC. The molecule has 0 fully saturated rings. The molecule has 1 rings (SSSR count). The predicted octanol–water partition coefficient (Wildman–Crippen LogP) is 2.63. The zero-order valence-corrected chi connectivity index (χ0v) is 9.84. The molecule has 0 aromatic heterocycles. The summed E-state index contributed by atoms with van der Waals surface area (Å²) in [4.78, 5) is 2.71. The number of hydrogen-bond donors (Lipinski definition) is 0. The number of benzene rings is 1. The van der Waals surface area contributed by atoms with Gasteiger partial charge in [-0.15, -0.1) is 0 Å². The molecule has 0 aliphatic rings. The Morgan fingerprint density at radius 3 is 2.35 bits per heavy atom. The first-order valence-electron chi connectivity index (χ1n) is 4.69. The van der Waals surface area contributed by atoms with Gasteiger partial charge in [-0.2, -0.15) is 0 Å². The zero-order chi connectivity index (χ0) is 12.7. The van der Waals surface area contributed by atoms with E-state index in [4.69, 9.17) is 24.5 Å². The predicted molar refractivity (Wildman–Crippen MR) is 60.9 cm³/mol. The average molecular weight is 239 g/mol. The lowest BCUT2D eigenvalue weighted by molar-refractivity contribution is 0.0491. The summed E-state index contributed by atoms with van der Waals surface area (Å²) < 4.78 is 20.3. The van der Waals surface area contributed by atoms with Gasteiger partial charge < -0.3 is 18.9 Å². The number of nitrogens with zero attached hydrogens (tertiary/aromatic N) is 3.